The molecule has 1 aromatic heterocycles. The number of benzene rings is 2. The summed E-state index contributed by atoms with van der Waals surface area (Å²) in [7, 11) is 3.67. The summed E-state index contributed by atoms with van der Waals surface area (Å²) in [5.74, 6) is 0.880. The molecule has 0 amide bonds. The number of nitriles is 1. The van der Waals surface area contributed by atoms with Gasteiger partial charge in [0.1, 0.15) is 29.2 Å². The smallest absolute Gasteiger partial charge is 0.141 e. The zero-order chi connectivity index (χ0) is 22.8. The number of pyridine rings is 1. The van der Waals surface area contributed by atoms with Gasteiger partial charge in [-0.05, 0) is 43.3 Å². The normalized spacial score (nSPS) is 14.3. The van der Waals surface area contributed by atoms with Crippen molar-refractivity contribution in [3.8, 4) is 40.0 Å². The molecule has 1 saturated heterocycles. The number of phenols is 1. The van der Waals surface area contributed by atoms with Crippen molar-refractivity contribution in [1.29, 1.82) is 5.26 Å². The predicted octanol–water partition coefficient (Wildman–Crippen LogP) is 4.20. The van der Waals surface area contributed by atoms with Crippen molar-refractivity contribution in [1.82, 2.24) is 9.88 Å². The number of halogens is 1. The third-order valence-electron chi connectivity index (χ3n) is 5.88. The van der Waals surface area contributed by atoms with Crippen molar-refractivity contribution in [3.63, 3.8) is 0 Å². The lowest BCUT2D eigenvalue weighted by atomic mass is 9.96. The van der Waals surface area contributed by atoms with Crippen LogP contribution in [0.15, 0.2) is 42.5 Å². The fourth-order valence-corrected chi connectivity index (χ4v) is 3.87. The zero-order valence-corrected chi connectivity index (χ0v) is 18.4. The Labute approximate surface area is 187 Å². The lowest BCUT2D eigenvalue weighted by molar-refractivity contribution is 0.312. The maximum absolute atomic E-state index is 14.5. The molecular formula is C25H25FN4O2. The first-order chi connectivity index (χ1) is 15.4. The molecule has 1 aliphatic rings. The van der Waals surface area contributed by atoms with E-state index in [1.54, 1.807) is 19.2 Å². The van der Waals surface area contributed by atoms with E-state index in [2.05, 4.69) is 16.8 Å². The fraction of sp³-hybridized carbons (Fsp3) is 0.280. The van der Waals surface area contributed by atoms with Crippen molar-refractivity contribution < 1.29 is 14.2 Å². The van der Waals surface area contributed by atoms with Crippen LogP contribution in [0.2, 0.25) is 0 Å². The summed E-state index contributed by atoms with van der Waals surface area (Å²) in [6.07, 6.45) is 0. The van der Waals surface area contributed by atoms with Crippen molar-refractivity contribution >= 4 is 5.82 Å². The second kappa shape index (κ2) is 8.85. The van der Waals surface area contributed by atoms with Gasteiger partial charge in [-0.25, -0.2) is 9.37 Å². The van der Waals surface area contributed by atoms with E-state index in [-0.39, 0.29) is 11.3 Å². The third kappa shape index (κ3) is 4.10. The van der Waals surface area contributed by atoms with E-state index < -0.39 is 5.82 Å². The van der Waals surface area contributed by atoms with Crippen molar-refractivity contribution in [2.24, 2.45) is 0 Å². The maximum atomic E-state index is 14.5. The number of nitrogens with zero attached hydrogens (tertiary/aromatic N) is 4. The highest BCUT2D eigenvalue weighted by molar-refractivity contribution is 5.87. The zero-order valence-electron chi connectivity index (χ0n) is 18.4. The molecule has 0 bridgehead atoms. The van der Waals surface area contributed by atoms with Crippen molar-refractivity contribution in [2.45, 2.75) is 6.92 Å². The van der Waals surface area contributed by atoms with E-state index in [0.29, 0.717) is 28.1 Å². The molecule has 0 radical (unpaired) electrons. The molecular weight excluding hydrogens is 407 g/mol. The second-order valence-corrected chi connectivity index (χ2v) is 8.00. The lowest BCUT2D eigenvalue weighted by Gasteiger charge is -2.34. The number of anilines is 1. The van der Waals surface area contributed by atoms with Crippen LogP contribution in [0, 0.1) is 24.1 Å². The number of aromatic nitrogens is 1. The molecule has 1 aliphatic heterocycles. The molecule has 6 nitrogen and oxygen atoms in total. The second-order valence-electron chi connectivity index (χ2n) is 8.00. The Morgan fingerprint density at radius 3 is 2.41 bits per heavy atom. The predicted molar refractivity (Wildman–Crippen MR) is 122 cm³/mol. The number of aromatic hydroxyl groups is 1. The van der Waals surface area contributed by atoms with Gasteiger partial charge >= 0.3 is 0 Å². The Bertz CT molecular complexity index is 1200. The first kappa shape index (κ1) is 21.6. The van der Waals surface area contributed by atoms with Crippen LogP contribution in [0.4, 0.5) is 10.2 Å². The number of ether oxygens (including phenoxy) is 1. The summed E-state index contributed by atoms with van der Waals surface area (Å²) in [4.78, 5) is 9.36. The van der Waals surface area contributed by atoms with E-state index in [1.165, 1.54) is 12.1 Å². The van der Waals surface area contributed by atoms with Crippen LogP contribution in [-0.2, 0) is 0 Å². The molecule has 3 aromatic rings. The van der Waals surface area contributed by atoms with E-state index in [1.807, 2.05) is 31.2 Å². The van der Waals surface area contributed by atoms with E-state index in [4.69, 9.17) is 15.0 Å². The molecule has 1 fully saturated rings. The quantitative estimate of drug-likeness (QED) is 0.666. The fourth-order valence-electron chi connectivity index (χ4n) is 3.87. The minimum Gasteiger partial charge on any atom is -0.508 e. The molecule has 0 unspecified atom stereocenters. The van der Waals surface area contributed by atoms with Gasteiger partial charge in [-0.3, -0.25) is 0 Å². The van der Waals surface area contributed by atoms with Gasteiger partial charge in [-0.2, -0.15) is 5.26 Å². The highest BCUT2D eigenvalue weighted by Crippen LogP contribution is 2.42. The number of methoxy groups -OCH3 is 1. The van der Waals surface area contributed by atoms with Gasteiger partial charge in [0, 0.05) is 37.8 Å². The van der Waals surface area contributed by atoms with Crippen LogP contribution in [-0.4, -0.2) is 55.3 Å². The van der Waals surface area contributed by atoms with Crippen LogP contribution in [0.3, 0.4) is 0 Å². The van der Waals surface area contributed by atoms with E-state index >= 15 is 0 Å². The summed E-state index contributed by atoms with van der Waals surface area (Å²) in [5, 5.41) is 19.4. The molecule has 164 valence electrons. The van der Waals surface area contributed by atoms with Crippen LogP contribution in [0.25, 0.3) is 22.4 Å². The summed E-state index contributed by atoms with van der Waals surface area (Å²) in [6.45, 7) is 5.29. The average Bonchev–Trinajstić information content (AvgIpc) is 2.80. The number of hydrogen-bond acceptors (Lipinski definition) is 6. The van der Waals surface area contributed by atoms with Gasteiger partial charge < -0.3 is 19.6 Å². The third-order valence-corrected chi connectivity index (χ3v) is 5.88. The minimum atomic E-state index is -0.603. The highest BCUT2D eigenvalue weighted by atomic mass is 19.1. The molecule has 1 N–H and O–H groups in total. The number of likely N-dealkylation sites (N-methyl/N-ethyl adjacent to an activating group) is 1. The van der Waals surface area contributed by atoms with Gasteiger partial charge in [0.2, 0.25) is 0 Å². The monoisotopic (exact) mass is 432 g/mol. The maximum Gasteiger partial charge on any atom is 0.141 e. The molecule has 7 heteroatoms. The van der Waals surface area contributed by atoms with Crippen LogP contribution in [0.1, 0.15) is 11.1 Å². The summed E-state index contributed by atoms with van der Waals surface area (Å²) < 4.78 is 20.3. The topological polar surface area (TPSA) is 72.6 Å². The first-order valence-electron chi connectivity index (χ1n) is 10.4. The van der Waals surface area contributed by atoms with E-state index in [0.717, 1.165) is 37.6 Å². The Hall–Kier alpha value is -3.63. The number of phenolic OH excluding ortho intramolecular Hbond substituents is 1. The van der Waals surface area contributed by atoms with Gasteiger partial charge in [0.05, 0.1) is 23.9 Å². The highest BCUT2D eigenvalue weighted by Gasteiger charge is 2.23. The molecule has 0 atom stereocenters. The average molecular weight is 432 g/mol. The first-order valence-corrected chi connectivity index (χ1v) is 10.4. The number of rotatable bonds is 4. The van der Waals surface area contributed by atoms with Gasteiger partial charge in [-0.15, -0.1) is 0 Å². The SMILES string of the molecule is COc1cc(N2CCN(C)CC2)nc(-c2ccc(C#N)c(F)c2)c1-c1ccc(C)c(O)c1. The van der Waals surface area contributed by atoms with Crippen molar-refractivity contribution in [3.05, 3.63) is 59.4 Å². The van der Waals surface area contributed by atoms with Crippen LogP contribution in [0.5, 0.6) is 11.5 Å². The Kier molecular flexibility index (Phi) is 5.97. The summed E-state index contributed by atoms with van der Waals surface area (Å²) in [5.41, 5.74) is 3.16. The molecule has 4 rings (SSSR count). The summed E-state index contributed by atoms with van der Waals surface area (Å²) >= 11 is 0. The standard InChI is InChI=1S/C25H25FN4O2/c1-16-4-5-17(13-21(16)31)24-22(32-3)14-23(30-10-8-29(2)9-11-30)28-25(24)18-6-7-19(15-27)20(26)12-18/h4-7,12-14,31H,8-11H2,1-3H3. The molecule has 32 heavy (non-hydrogen) atoms. The molecule has 2 heterocycles. The van der Waals surface area contributed by atoms with Gasteiger partial charge in [0.25, 0.3) is 0 Å². The largest absolute Gasteiger partial charge is 0.508 e. The van der Waals surface area contributed by atoms with Crippen LogP contribution >= 0.6 is 0 Å². The van der Waals surface area contributed by atoms with E-state index in [9.17, 15) is 9.50 Å². The molecule has 0 aliphatic carbocycles. The number of piperazine rings is 1. The van der Waals surface area contributed by atoms with Crippen LogP contribution < -0.4 is 9.64 Å². The lowest BCUT2D eigenvalue weighted by Crippen LogP contribution is -2.44. The Morgan fingerprint density at radius 2 is 1.78 bits per heavy atom. The Balaban J connectivity index is 1.94. The number of hydrogen-bond donors (Lipinski definition) is 1. The van der Waals surface area contributed by atoms with Crippen molar-refractivity contribution in [2.75, 3.05) is 45.2 Å². The minimum absolute atomic E-state index is 0.0227. The molecule has 0 saturated carbocycles. The Morgan fingerprint density at radius 1 is 1.06 bits per heavy atom. The molecule has 2 aromatic carbocycles. The summed E-state index contributed by atoms with van der Waals surface area (Å²) in [6, 6.07) is 13.6. The molecule has 0 spiro atoms. The van der Waals surface area contributed by atoms with Gasteiger partial charge in [0.15, 0.2) is 0 Å². The van der Waals surface area contributed by atoms with Gasteiger partial charge in [-0.1, -0.05) is 18.2 Å². The number of aryl methyl sites for hydroxylation is 1.